The number of aromatic nitrogens is 6. The fourth-order valence-corrected chi connectivity index (χ4v) is 22.6. The second-order valence-corrected chi connectivity index (χ2v) is 37.3. The summed E-state index contributed by atoms with van der Waals surface area (Å²) < 4.78 is 14.7. The molecule has 0 aliphatic carbocycles. The highest BCUT2D eigenvalue weighted by atomic mass is 15.0. The maximum absolute atomic E-state index is 2.50. The van der Waals surface area contributed by atoms with Crippen LogP contribution in [0.4, 0.5) is 0 Å². The molecule has 29 rings (SSSR count). The Morgan fingerprint density at radius 2 is 0.264 bits per heavy atom. The average Bonchev–Trinajstić information content (AvgIpc) is 1.55. The number of para-hydroxylation sites is 8. The summed E-state index contributed by atoms with van der Waals surface area (Å²) in [6.45, 7) is 0. The van der Waals surface area contributed by atoms with Crippen molar-refractivity contribution in [3.8, 4) is 123 Å². The maximum Gasteiger partial charge on any atom is 0.0641 e. The summed E-state index contributed by atoms with van der Waals surface area (Å²) in [5.74, 6) is 0. The molecule has 144 heavy (non-hydrogen) atoms. The normalized spacial score (nSPS) is 11.6. The fraction of sp³-hybridized carbons (Fsp3) is 0. The van der Waals surface area contributed by atoms with Crippen LogP contribution in [0.5, 0.6) is 0 Å². The van der Waals surface area contributed by atoms with Crippen molar-refractivity contribution < 1.29 is 0 Å². The largest absolute Gasteiger partial charge is 0.309 e. The number of fused-ring (bicyclic) bond motifs is 21. The van der Waals surface area contributed by atoms with E-state index in [1.807, 2.05) is 0 Å². The van der Waals surface area contributed by atoms with Gasteiger partial charge in [-0.1, -0.05) is 400 Å². The van der Waals surface area contributed by atoms with Crippen molar-refractivity contribution in [3.63, 3.8) is 0 Å². The fourth-order valence-electron chi connectivity index (χ4n) is 22.6. The Hall–Kier alpha value is -19.1. The van der Waals surface area contributed by atoms with E-state index in [1.165, 1.54) is 220 Å². The topological polar surface area (TPSA) is 29.6 Å². The zero-order chi connectivity index (χ0) is 95.1. The molecule has 0 aliphatic heterocycles. The van der Waals surface area contributed by atoms with Gasteiger partial charge in [-0.2, -0.15) is 0 Å². The third-order valence-electron chi connectivity index (χ3n) is 29.1. The van der Waals surface area contributed by atoms with E-state index in [2.05, 4.69) is 586 Å². The van der Waals surface area contributed by atoms with E-state index in [1.54, 1.807) is 0 Å². The van der Waals surface area contributed by atoms with Gasteiger partial charge in [0.1, 0.15) is 0 Å². The maximum atomic E-state index is 2.50. The summed E-state index contributed by atoms with van der Waals surface area (Å²) in [5.41, 5.74) is 40.7. The summed E-state index contributed by atoms with van der Waals surface area (Å²) in [5, 5.41) is 15.1. The predicted molar refractivity (Wildman–Crippen MR) is 609 cm³/mol. The Morgan fingerprint density at radius 3 is 0.521 bits per heavy atom. The molecule has 674 valence electrons. The zero-order valence-electron chi connectivity index (χ0n) is 78.8. The van der Waals surface area contributed by atoms with Crippen molar-refractivity contribution in [2.45, 2.75) is 0 Å². The van der Waals surface area contributed by atoms with Gasteiger partial charge in [0.25, 0.3) is 0 Å². The summed E-state index contributed by atoms with van der Waals surface area (Å²) >= 11 is 0. The van der Waals surface area contributed by atoms with Crippen molar-refractivity contribution in [1.29, 1.82) is 0 Å². The minimum Gasteiger partial charge on any atom is -0.309 e. The van der Waals surface area contributed by atoms with Crippen molar-refractivity contribution in [2.24, 2.45) is 0 Å². The number of hydrogen-bond acceptors (Lipinski definition) is 0. The van der Waals surface area contributed by atoms with Crippen LogP contribution < -0.4 is 0 Å². The molecule has 0 spiro atoms. The van der Waals surface area contributed by atoms with Crippen LogP contribution >= 0.6 is 0 Å². The van der Waals surface area contributed by atoms with Crippen LogP contribution in [0.15, 0.2) is 558 Å². The molecule has 0 radical (unpaired) electrons. The van der Waals surface area contributed by atoms with Gasteiger partial charge in [-0.3, -0.25) is 0 Å². The first-order valence-electron chi connectivity index (χ1n) is 49.5. The van der Waals surface area contributed by atoms with E-state index in [0.29, 0.717) is 0 Å². The van der Waals surface area contributed by atoms with Gasteiger partial charge in [-0.05, 0) is 247 Å². The van der Waals surface area contributed by atoms with Crippen molar-refractivity contribution in [3.05, 3.63) is 558 Å². The van der Waals surface area contributed by atoms with Crippen LogP contribution in [-0.4, -0.2) is 27.4 Å². The van der Waals surface area contributed by atoms with Crippen LogP contribution in [0.25, 0.3) is 254 Å². The Bertz CT molecular complexity index is 9760. The first-order chi connectivity index (χ1) is 71.5. The van der Waals surface area contributed by atoms with Gasteiger partial charge in [0.05, 0.1) is 66.2 Å². The van der Waals surface area contributed by atoms with Crippen molar-refractivity contribution >= 4 is 131 Å². The Balaban J connectivity index is 0.000000108. The Morgan fingerprint density at radius 1 is 0.0903 bits per heavy atom. The highest BCUT2D eigenvalue weighted by molar-refractivity contribution is 6.29. The lowest BCUT2D eigenvalue weighted by atomic mass is 9.93. The highest BCUT2D eigenvalue weighted by Crippen LogP contribution is 2.49. The molecule has 0 saturated carbocycles. The summed E-state index contributed by atoms with van der Waals surface area (Å²) in [4.78, 5) is 0. The average molecular weight is 1830 g/mol. The Kier molecular flexibility index (Phi) is 20.9. The van der Waals surface area contributed by atoms with Crippen molar-refractivity contribution in [1.82, 2.24) is 27.4 Å². The molecule has 0 saturated heterocycles. The molecule has 0 N–H and O–H groups in total. The first kappa shape index (κ1) is 84.2. The lowest BCUT2D eigenvalue weighted by Crippen LogP contribution is -1.97. The predicted octanol–water partition coefficient (Wildman–Crippen LogP) is 37.0. The molecule has 0 amide bonds. The van der Waals surface area contributed by atoms with Crippen molar-refractivity contribution in [2.75, 3.05) is 0 Å². The monoisotopic (exact) mass is 1830 g/mol. The molecular weight excluding hydrogens is 1740 g/mol. The van der Waals surface area contributed by atoms with E-state index in [9.17, 15) is 0 Å². The third-order valence-corrected chi connectivity index (χ3v) is 29.1. The van der Waals surface area contributed by atoms with Crippen LogP contribution in [-0.2, 0) is 0 Å². The SMILES string of the molecule is c1ccc(-c2cc(-c3ccccc3)cc(-c3ccc(-n4c5ccccc5c5ccc6c(c7ccccc7n6-c6ccccc6)c54)cc3)c2)cc1.c1ccc(-c2cc(-c3ccccc3)cc(-n3c4ccccc4c4ccc5c(c6ccccc6n5-c5ccccc5)c43)c2)cc1.c1ccc(-c2ccc(-n3c4ccccc4c4c3ccc3c5ccccc5n(-c5cc(-c6ccccc6)cc(-c6ccccc6)c5)c34)cc2)cc1. The second kappa shape index (κ2) is 35.7. The summed E-state index contributed by atoms with van der Waals surface area (Å²) in [6, 6.07) is 202. The summed E-state index contributed by atoms with van der Waals surface area (Å²) in [6.07, 6.45) is 0. The van der Waals surface area contributed by atoms with E-state index in [4.69, 9.17) is 0 Å². The minimum absolute atomic E-state index is 1.14. The number of hydrogen-bond donors (Lipinski definition) is 0. The van der Waals surface area contributed by atoms with Gasteiger partial charge in [-0.25, -0.2) is 0 Å². The molecule has 0 aliphatic rings. The van der Waals surface area contributed by atoms with Gasteiger partial charge >= 0.3 is 0 Å². The van der Waals surface area contributed by atoms with E-state index in [-0.39, 0.29) is 0 Å². The minimum atomic E-state index is 1.14. The van der Waals surface area contributed by atoms with Crippen LogP contribution in [0.3, 0.4) is 0 Å². The van der Waals surface area contributed by atoms with E-state index >= 15 is 0 Å². The summed E-state index contributed by atoms with van der Waals surface area (Å²) in [7, 11) is 0. The molecule has 6 heteroatoms. The molecule has 0 fully saturated rings. The van der Waals surface area contributed by atoms with Crippen LogP contribution in [0, 0.1) is 0 Å². The van der Waals surface area contributed by atoms with E-state index < -0.39 is 0 Å². The van der Waals surface area contributed by atoms with Gasteiger partial charge in [0, 0.05) is 98.8 Å². The standard InChI is InChI=1S/2C48H32N2.C42H28N2/c1-4-14-33(15-5-1)36-30-37(34-16-6-2-7-17-34)32-38(31-36)35-24-26-40(27-25-35)50-44-22-12-10-20-41(44)42-28-29-46-47(48(42)50)43-21-11-13-23-45(43)49(46)39-18-8-3-9-19-39;1-4-14-33(15-5-1)36-24-26-39(27-25-36)49-45-23-13-11-21-43(45)47-46(49)29-28-42-41-20-10-12-22-44(41)50(48(42)47)40-31-37(34-16-6-2-7-17-34)30-38(32-40)35-18-8-3-9-19-35;1-4-14-29(15-5-1)31-26-32(30-16-6-2-7-17-30)28-34(27-31)44-38-22-12-10-20-35(38)36-24-25-40-41(42(36)44)37-21-11-13-23-39(37)43(40)33-18-8-3-9-19-33/h2*1-32H;1-28H. The van der Waals surface area contributed by atoms with Gasteiger partial charge in [-0.15, -0.1) is 0 Å². The smallest absolute Gasteiger partial charge is 0.0641 e. The molecule has 0 atom stereocenters. The number of nitrogens with zero attached hydrogens (tertiary/aromatic N) is 6. The van der Waals surface area contributed by atoms with E-state index in [0.717, 1.165) is 34.1 Å². The molecule has 6 heterocycles. The molecular formula is C138H92N6. The van der Waals surface area contributed by atoms with Crippen LogP contribution in [0.2, 0.25) is 0 Å². The quantitative estimate of drug-likeness (QED) is 0.104. The lowest BCUT2D eigenvalue weighted by Gasteiger charge is -2.15. The number of rotatable bonds is 14. The third kappa shape index (κ3) is 14.6. The molecule has 23 aromatic carbocycles. The highest BCUT2D eigenvalue weighted by Gasteiger charge is 2.27. The second-order valence-electron chi connectivity index (χ2n) is 37.3. The molecule has 0 unspecified atom stereocenters. The van der Waals surface area contributed by atoms with Gasteiger partial charge in [0.2, 0.25) is 0 Å². The molecule has 6 nitrogen and oxygen atoms in total. The zero-order valence-corrected chi connectivity index (χ0v) is 78.8. The molecule has 0 bridgehead atoms. The lowest BCUT2D eigenvalue weighted by molar-refractivity contribution is 1.17. The van der Waals surface area contributed by atoms with Gasteiger partial charge < -0.3 is 27.4 Å². The number of benzene rings is 23. The molecule has 29 aromatic rings. The molecule has 6 aromatic heterocycles. The first-order valence-corrected chi connectivity index (χ1v) is 49.5. The van der Waals surface area contributed by atoms with Gasteiger partial charge in [0.15, 0.2) is 0 Å². The van der Waals surface area contributed by atoms with Crippen LogP contribution in [0.1, 0.15) is 0 Å². The Labute approximate surface area is 833 Å².